The first-order valence-corrected chi connectivity index (χ1v) is 15.5. The second-order valence-corrected chi connectivity index (χ2v) is 13.8. The minimum atomic E-state index is -0.855. The first-order chi connectivity index (χ1) is 20.8. The van der Waals surface area contributed by atoms with Crippen LogP contribution in [-0.4, -0.2) is 63.0 Å². The molecule has 3 aromatic rings. The summed E-state index contributed by atoms with van der Waals surface area (Å²) >= 11 is 1.62. The van der Waals surface area contributed by atoms with E-state index >= 15 is 0 Å². The lowest BCUT2D eigenvalue weighted by Crippen LogP contribution is -2.55. The Morgan fingerprint density at radius 1 is 0.977 bits per heavy atom. The van der Waals surface area contributed by atoms with Gasteiger partial charge in [-0.3, -0.25) is 14.4 Å². The van der Waals surface area contributed by atoms with Crippen molar-refractivity contribution >= 4 is 35.2 Å². The van der Waals surface area contributed by atoms with Gasteiger partial charge < -0.3 is 25.4 Å². The summed E-state index contributed by atoms with van der Waals surface area (Å²) in [5.41, 5.74) is 2.52. The van der Waals surface area contributed by atoms with Crippen LogP contribution in [0.25, 0.3) is 0 Å². The number of carbonyl (C=O) groups is 3. The van der Waals surface area contributed by atoms with Gasteiger partial charge in [-0.25, -0.2) is 0 Å². The van der Waals surface area contributed by atoms with E-state index in [9.17, 15) is 19.5 Å². The number of hydrogen-bond acceptors (Lipinski definition) is 6. The van der Waals surface area contributed by atoms with Crippen LogP contribution in [0, 0.1) is 11.8 Å². The monoisotopic (exact) mass is 599 g/mol. The molecule has 3 aliphatic rings. The van der Waals surface area contributed by atoms with E-state index in [1.807, 2.05) is 60.7 Å². The van der Waals surface area contributed by atoms with E-state index in [-0.39, 0.29) is 24.3 Å². The number of aliphatic hydroxyl groups is 1. The van der Waals surface area contributed by atoms with E-state index in [2.05, 4.69) is 17.6 Å². The second kappa shape index (κ2) is 11.7. The van der Waals surface area contributed by atoms with Gasteiger partial charge in [-0.15, -0.1) is 11.8 Å². The average Bonchev–Trinajstić information content (AvgIpc) is 3.60. The molecule has 0 saturated carbocycles. The third-order valence-electron chi connectivity index (χ3n) is 9.33. The molecule has 3 fully saturated rings. The molecule has 6 rings (SSSR count). The van der Waals surface area contributed by atoms with Gasteiger partial charge in [-0.2, -0.15) is 0 Å². The maximum atomic E-state index is 14.6. The van der Waals surface area contributed by atoms with Gasteiger partial charge in [0.25, 0.3) is 0 Å². The number of carbonyl (C=O) groups excluding carboxylic acids is 3. The molecule has 3 amide bonds. The van der Waals surface area contributed by atoms with E-state index in [1.54, 1.807) is 48.0 Å². The molecule has 0 aromatic heterocycles. The van der Waals surface area contributed by atoms with Crippen LogP contribution in [0.1, 0.15) is 30.9 Å². The van der Waals surface area contributed by atoms with E-state index in [1.165, 1.54) is 0 Å². The Labute approximate surface area is 256 Å². The average molecular weight is 600 g/mol. The molecule has 8 nitrogen and oxygen atoms in total. The van der Waals surface area contributed by atoms with Crippen LogP contribution < -0.4 is 15.4 Å². The smallest absolute Gasteiger partial charge is 0.248 e. The summed E-state index contributed by atoms with van der Waals surface area (Å²) in [7, 11) is 1.58. The number of rotatable bonds is 10. The maximum Gasteiger partial charge on any atom is 0.248 e. The molecule has 224 valence electrons. The standard InChI is InChI=1S/C34H37N3O5S/c1-33-17-18-34(43-33)28(27(33)30(39)35-20-23-11-7-4-8-12-23)32(41)37(25(21-38)19-22-9-5-3-6-10-22)29(34)31(40)36-24-13-15-26(42-2)16-14-24/h3-16,25,27-29,38H,17-21H2,1-2H3,(H,35,39)(H,36,40)/t25-,27-,28+,29?,33+,34?/m1/s1. The molecule has 43 heavy (non-hydrogen) atoms. The van der Waals surface area contributed by atoms with Crippen LogP contribution in [0.15, 0.2) is 84.9 Å². The summed E-state index contributed by atoms with van der Waals surface area (Å²) in [5.74, 6) is -1.32. The van der Waals surface area contributed by atoms with Crippen LogP contribution in [-0.2, 0) is 27.3 Å². The molecule has 3 aromatic carbocycles. The first-order valence-electron chi connectivity index (χ1n) is 14.7. The lowest BCUT2D eigenvalue weighted by Gasteiger charge is -2.37. The number of aliphatic hydroxyl groups excluding tert-OH is 1. The number of thioether (sulfide) groups is 1. The van der Waals surface area contributed by atoms with Crippen molar-refractivity contribution in [3.8, 4) is 5.75 Å². The molecule has 2 bridgehead atoms. The van der Waals surface area contributed by atoms with Gasteiger partial charge in [0.05, 0.1) is 36.3 Å². The van der Waals surface area contributed by atoms with Crippen LogP contribution >= 0.6 is 11.8 Å². The van der Waals surface area contributed by atoms with Crippen LogP contribution in [0.4, 0.5) is 5.69 Å². The number of benzene rings is 3. The summed E-state index contributed by atoms with van der Waals surface area (Å²) < 4.78 is 3.99. The molecule has 6 atom stereocenters. The Morgan fingerprint density at radius 2 is 1.63 bits per heavy atom. The third-order valence-corrected chi connectivity index (χ3v) is 11.3. The predicted molar refractivity (Wildman–Crippen MR) is 167 cm³/mol. The summed E-state index contributed by atoms with van der Waals surface area (Å²) in [5, 5.41) is 16.8. The van der Waals surface area contributed by atoms with Gasteiger partial charge in [0.1, 0.15) is 11.8 Å². The number of hydrogen-bond donors (Lipinski definition) is 3. The summed E-state index contributed by atoms with van der Waals surface area (Å²) in [6, 6.07) is 24.9. The highest BCUT2D eigenvalue weighted by atomic mass is 32.2. The molecule has 1 spiro atoms. The number of methoxy groups -OCH3 is 1. The number of amides is 3. The van der Waals surface area contributed by atoms with E-state index in [4.69, 9.17) is 4.74 Å². The fourth-order valence-electron chi connectivity index (χ4n) is 7.37. The van der Waals surface area contributed by atoms with Gasteiger partial charge in [-0.05, 0) is 61.6 Å². The normalized spacial score (nSPS) is 27.9. The van der Waals surface area contributed by atoms with Crippen molar-refractivity contribution in [3.05, 3.63) is 96.1 Å². The maximum absolute atomic E-state index is 14.6. The van der Waals surface area contributed by atoms with Gasteiger partial charge >= 0.3 is 0 Å². The number of nitrogens with zero attached hydrogens (tertiary/aromatic N) is 1. The van der Waals surface area contributed by atoms with E-state index in [0.29, 0.717) is 37.2 Å². The van der Waals surface area contributed by atoms with Crippen molar-refractivity contribution in [1.82, 2.24) is 10.2 Å². The van der Waals surface area contributed by atoms with Crippen molar-refractivity contribution in [2.24, 2.45) is 11.8 Å². The fourth-order valence-corrected chi connectivity index (χ4v) is 9.72. The molecule has 0 radical (unpaired) electrons. The predicted octanol–water partition coefficient (Wildman–Crippen LogP) is 4.04. The summed E-state index contributed by atoms with van der Waals surface area (Å²) in [6.07, 6.45) is 1.74. The zero-order chi connectivity index (χ0) is 30.2. The third kappa shape index (κ3) is 5.18. The fraction of sp³-hybridized carbons (Fsp3) is 0.382. The number of fused-ring (bicyclic) bond motifs is 1. The van der Waals surface area contributed by atoms with Crippen LogP contribution in [0.2, 0.25) is 0 Å². The molecule has 3 saturated heterocycles. The summed E-state index contributed by atoms with van der Waals surface area (Å²) in [4.78, 5) is 44.4. The Hall–Kier alpha value is -3.82. The molecular weight excluding hydrogens is 562 g/mol. The summed E-state index contributed by atoms with van der Waals surface area (Å²) in [6.45, 7) is 2.12. The minimum Gasteiger partial charge on any atom is -0.497 e. The number of anilines is 1. The molecular formula is C34H37N3O5S. The van der Waals surface area contributed by atoms with Crippen molar-refractivity contribution < 1.29 is 24.2 Å². The second-order valence-electron chi connectivity index (χ2n) is 11.9. The van der Waals surface area contributed by atoms with Crippen LogP contribution in [0.3, 0.4) is 0 Å². The van der Waals surface area contributed by atoms with Gasteiger partial charge in [0.2, 0.25) is 17.7 Å². The highest BCUT2D eigenvalue weighted by Gasteiger charge is 2.77. The Bertz CT molecular complexity index is 1490. The number of nitrogens with one attached hydrogen (secondary N) is 2. The van der Waals surface area contributed by atoms with Gasteiger partial charge in [0, 0.05) is 17.0 Å². The van der Waals surface area contributed by atoms with E-state index in [0.717, 1.165) is 11.1 Å². The number of ether oxygens (including phenoxy) is 1. The van der Waals surface area contributed by atoms with E-state index < -0.39 is 33.4 Å². The molecule has 9 heteroatoms. The van der Waals surface area contributed by atoms with Crippen molar-refractivity contribution in [1.29, 1.82) is 0 Å². The Kier molecular flexibility index (Phi) is 7.96. The van der Waals surface area contributed by atoms with Gasteiger partial charge in [-0.1, -0.05) is 60.7 Å². The van der Waals surface area contributed by atoms with Crippen LogP contribution in [0.5, 0.6) is 5.75 Å². The minimum absolute atomic E-state index is 0.168. The molecule has 3 aliphatic heterocycles. The lowest BCUT2D eigenvalue weighted by atomic mass is 9.66. The molecule has 3 N–H and O–H groups in total. The zero-order valence-corrected chi connectivity index (χ0v) is 25.2. The number of likely N-dealkylation sites (tertiary alicyclic amines) is 1. The Balaban J connectivity index is 1.35. The molecule has 3 heterocycles. The Morgan fingerprint density at radius 3 is 2.26 bits per heavy atom. The zero-order valence-electron chi connectivity index (χ0n) is 24.4. The largest absolute Gasteiger partial charge is 0.497 e. The lowest BCUT2D eigenvalue weighted by molar-refractivity contribution is -0.142. The topological polar surface area (TPSA) is 108 Å². The SMILES string of the molecule is COc1ccc(NC(=O)C2N([C@@H](CO)Cc3ccccc3)C(=O)[C@@H]3[C@H](C(=O)NCc4ccccc4)[C@]4(C)CCC23S4)cc1. The molecule has 0 aliphatic carbocycles. The quantitative estimate of drug-likeness (QED) is 0.325. The van der Waals surface area contributed by atoms with Gasteiger partial charge in [0.15, 0.2) is 0 Å². The first kappa shape index (κ1) is 29.3. The highest BCUT2D eigenvalue weighted by Crippen LogP contribution is 2.71. The van der Waals surface area contributed by atoms with Crippen molar-refractivity contribution in [2.45, 2.75) is 54.3 Å². The van der Waals surface area contributed by atoms with Crippen molar-refractivity contribution in [3.63, 3.8) is 0 Å². The highest BCUT2D eigenvalue weighted by molar-refractivity contribution is 8.02. The van der Waals surface area contributed by atoms with Crippen molar-refractivity contribution in [2.75, 3.05) is 19.0 Å². The molecule has 2 unspecified atom stereocenters.